The number of benzene rings is 1. The first kappa shape index (κ1) is 14.9. The highest BCUT2D eigenvalue weighted by molar-refractivity contribution is 5.89. The minimum atomic E-state index is -0.0294. The van der Waals surface area contributed by atoms with Crippen LogP contribution in [0, 0.1) is 5.92 Å². The van der Waals surface area contributed by atoms with Crippen molar-refractivity contribution in [2.24, 2.45) is 11.7 Å². The molecule has 3 N–H and O–H groups in total. The molecule has 4 heteroatoms. The number of rotatable bonds is 3. The standard InChI is InChI=1S/C16H25N3O/c1-12-5-3-8-15(9-12)19(2)16(20)18-14-7-4-6-13(10-14)11-17/h4,6-7,10,12,15H,3,5,8-9,11,17H2,1-2H3,(H,18,20). The van der Waals surface area contributed by atoms with Crippen LogP contribution >= 0.6 is 0 Å². The zero-order chi connectivity index (χ0) is 14.5. The first-order valence-electron chi connectivity index (χ1n) is 7.43. The lowest BCUT2D eigenvalue weighted by atomic mass is 9.86. The molecule has 0 saturated heterocycles. The highest BCUT2D eigenvalue weighted by Gasteiger charge is 2.25. The quantitative estimate of drug-likeness (QED) is 0.890. The second-order valence-corrected chi connectivity index (χ2v) is 5.87. The molecule has 1 aromatic rings. The summed E-state index contributed by atoms with van der Waals surface area (Å²) in [7, 11) is 1.89. The highest BCUT2D eigenvalue weighted by atomic mass is 16.2. The van der Waals surface area contributed by atoms with Crippen molar-refractivity contribution in [2.45, 2.75) is 45.2 Å². The number of hydrogen-bond acceptors (Lipinski definition) is 2. The maximum atomic E-state index is 12.3. The molecule has 1 fully saturated rings. The molecule has 0 aromatic heterocycles. The zero-order valence-electron chi connectivity index (χ0n) is 12.4. The van der Waals surface area contributed by atoms with Gasteiger partial charge in [-0.15, -0.1) is 0 Å². The van der Waals surface area contributed by atoms with Crippen molar-refractivity contribution in [1.82, 2.24) is 4.90 Å². The number of nitrogens with one attached hydrogen (secondary N) is 1. The summed E-state index contributed by atoms with van der Waals surface area (Å²) in [5.41, 5.74) is 7.46. The van der Waals surface area contributed by atoms with Gasteiger partial charge in [-0.3, -0.25) is 0 Å². The number of carbonyl (C=O) groups excluding carboxylic acids is 1. The molecule has 1 aliphatic rings. The molecular weight excluding hydrogens is 250 g/mol. The van der Waals surface area contributed by atoms with E-state index in [4.69, 9.17) is 5.73 Å². The molecular formula is C16H25N3O. The van der Waals surface area contributed by atoms with Gasteiger partial charge in [0.15, 0.2) is 0 Å². The SMILES string of the molecule is CC1CCCC(N(C)C(=O)Nc2cccc(CN)c2)C1. The van der Waals surface area contributed by atoms with Crippen molar-refractivity contribution in [2.75, 3.05) is 12.4 Å². The molecule has 0 bridgehead atoms. The van der Waals surface area contributed by atoms with Crippen molar-refractivity contribution in [1.29, 1.82) is 0 Å². The first-order valence-corrected chi connectivity index (χ1v) is 7.43. The van der Waals surface area contributed by atoms with E-state index in [9.17, 15) is 4.79 Å². The van der Waals surface area contributed by atoms with Gasteiger partial charge in [0.25, 0.3) is 0 Å². The average molecular weight is 275 g/mol. The summed E-state index contributed by atoms with van der Waals surface area (Å²) in [6.45, 7) is 2.75. The molecule has 0 radical (unpaired) electrons. The van der Waals surface area contributed by atoms with Gasteiger partial charge in [0.05, 0.1) is 0 Å². The van der Waals surface area contributed by atoms with Gasteiger partial charge in [0.1, 0.15) is 0 Å². The Balaban J connectivity index is 1.96. The van der Waals surface area contributed by atoms with E-state index in [2.05, 4.69) is 12.2 Å². The molecule has 1 aromatic carbocycles. The Labute approximate surface area is 121 Å². The monoisotopic (exact) mass is 275 g/mol. The summed E-state index contributed by atoms with van der Waals surface area (Å²) in [5, 5.41) is 2.96. The van der Waals surface area contributed by atoms with Crippen molar-refractivity contribution < 1.29 is 4.79 Å². The molecule has 0 spiro atoms. The Hall–Kier alpha value is -1.55. The number of hydrogen-bond donors (Lipinski definition) is 2. The van der Waals surface area contributed by atoms with Gasteiger partial charge in [0, 0.05) is 25.3 Å². The molecule has 0 aliphatic heterocycles. The number of amides is 2. The maximum absolute atomic E-state index is 12.3. The summed E-state index contributed by atoms with van der Waals surface area (Å²) in [4.78, 5) is 14.2. The fraction of sp³-hybridized carbons (Fsp3) is 0.562. The third-order valence-electron chi connectivity index (χ3n) is 4.19. The molecule has 1 saturated carbocycles. The number of carbonyl (C=O) groups is 1. The molecule has 4 nitrogen and oxygen atoms in total. The van der Waals surface area contributed by atoms with Crippen LogP contribution in [0.1, 0.15) is 38.2 Å². The Bertz CT molecular complexity index is 461. The summed E-state index contributed by atoms with van der Waals surface area (Å²) in [6.07, 6.45) is 4.71. The first-order chi connectivity index (χ1) is 9.60. The summed E-state index contributed by atoms with van der Waals surface area (Å²) >= 11 is 0. The van der Waals surface area contributed by atoms with E-state index in [0.717, 1.165) is 24.1 Å². The summed E-state index contributed by atoms with van der Waals surface area (Å²) in [5.74, 6) is 0.713. The van der Waals surface area contributed by atoms with Crippen LogP contribution in [-0.4, -0.2) is 24.0 Å². The third kappa shape index (κ3) is 3.73. The molecule has 110 valence electrons. The minimum absolute atomic E-state index is 0.0294. The molecule has 20 heavy (non-hydrogen) atoms. The van der Waals surface area contributed by atoms with E-state index >= 15 is 0 Å². The molecule has 1 aliphatic carbocycles. The molecule has 2 rings (SSSR count). The minimum Gasteiger partial charge on any atom is -0.326 e. The zero-order valence-corrected chi connectivity index (χ0v) is 12.4. The van der Waals surface area contributed by atoms with Gasteiger partial charge in [-0.25, -0.2) is 4.79 Å². The normalized spacial score (nSPS) is 22.4. The smallest absolute Gasteiger partial charge is 0.321 e. The molecule has 2 unspecified atom stereocenters. The van der Waals surface area contributed by atoms with Crippen LogP contribution in [0.2, 0.25) is 0 Å². The Morgan fingerprint density at radius 3 is 2.95 bits per heavy atom. The van der Waals surface area contributed by atoms with Crippen molar-refractivity contribution in [3.63, 3.8) is 0 Å². The maximum Gasteiger partial charge on any atom is 0.321 e. The van der Waals surface area contributed by atoms with Gasteiger partial charge in [0.2, 0.25) is 0 Å². The van der Waals surface area contributed by atoms with Gasteiger partial charge < -0.3 is 16.0 Å². The van der Waals surface area contributed by atoms with Crippen LogP contribution < -0.4 is 11.1 Å². The van der Waals surface area contributed by atoms with Crippen LogP contribution in [0.25, 0.3) is 0 Å². The van der Waals surface area contributed by atoms with Gasteiger partial charge >= 0.3 is 6.03 Å². The number of nitrogens with zero attached hydrogens (tertiary/aromatic N) is 1. The van der Waals surface area contributed by atoms with Gasteiger partial charge in [-0.05, 0) is 36.5 Å². The third-order valence-corrected chi connectivity index (χ3v) is 4.19. The topological polar surface area (TPSA) is 58.4 Å². The lowest BCUT2D eigenvalue weighted by Crippen LogP contribution is -2.42. The van der Waals surface area contributed by atoms with Crippen molar-refractivity contribution >= 4 is 11.7 Å². The van der Waals surface area contributed by atoms with Gasteiger partial charge in [-0.1, -0.05) is 31.9 Å². The lowest BCUT2D eigenvalue weighted by Gasteiger charge is -2.34. The fourth-order valence-corrected chi connectivity index (χ4v) is 2.91. The summed E-state index contributed by atoms with van der Waals surface area (Å²) < 4.78 is 0. The Morgan fingerprint density at radius 2 is 2.25 bits per heavy atom. The lowest BCUT2D eigenvalue weighted by molar-refractivity contribution is 0.171. The van der Waals surface area contributed by atoms with E-state index in [1.807, 2.05) is 36.2 Å². The molecule has 0 heterocycles. The number of anilines is 1. The number of nitrogens with two attached hydrogens (primary N) is 1. The van der Waals surface area contributed by atoms with E-state index in [-0.39, 0.29) is 6.03 Å². The van der Waals surface area contributed by atoms with Crippen LogP contribution in [0.3, 0.4) is 0 Å². The highest BCUT2D eigenvalue weighted by Crippen LogP contribution is 2.27. The van der Waals surface area contributed by atoms with Crippen LogP contribution in [0.15, 0.2) is 24.3 Å². The van der Waals surface area contributed by atoms with Crippen LogP contribution in [-0.2, 0) is 6.54 Å². The fourth-order valence-electron chi connectivity index (χ4n) is 2.91. The second kappa shape index (κ2) is 6.75. The van der Waals surface area contributed by atoms with Crippen LogP contribution in [0.4, 0.5) is 10.5 Å². The summed E-state index contributed by atoms with van der Waals surface area (Å²) in [6, 6.07) is 8.03. The van der Waals surface area contributed by atoms with E-state index < -0.39 is 0 Å². The second-order valence-electron chi connectivity index (χ2n) is 5.87. The largest absolute Gasteiger partial charge is 0.326 e. The van der Waals surface area contributed by atoms with Crippen LogP contribution in [0.5, 0.6) is 0 Å². The Morgan fingerprint density at radius 1 is 1.45 bits per heavy atom. The van der Waals surface area contributed by atoms with E-state index in [1.54, 1.807) is 0 Å². The van der Waals surface area contributed by atoms with Crippen molar-refractivity contribution in [3.05, 3.63) is 29.8 Å². The average Bonchev–Trinajstić information content (AvgIpc) is 2.46. The molecule has 2 atom stereocenters. The van der Waals surface area contributed by atoms with Crippen molar-refractivity contribution in [3.8, 4) is 0 Å². The predicted octanol–water partition coefficient (Wildman–Crippen LogP) is 3.19. The predicted molar refractivity (Wildman–Crippen MR) is 82.5 cm³/mol. The van der Waals surface area contributed by atoms with Gasteiger partial charge in [-0.2, -0.15) is 0 Å². The molecule has 2 amide bonds. The van der Waals surface area contributed by atoms with E-state index in [0.29, 0.717) is 18.5 Å². The van der Waals surface area contributed by atoms with E-state index in [1.165, 1.54) is 12.8 Å². The number of urea groups is 1. The Kier molecular flexibility index (Phi) is 5.01.